The molecule has 2 saturated heterocycles. The van der Waals surface area contributed by atoms with E-state index in [2.05, 4.69) is 0 Å². The van der Waals surface area contributed by atoms with Crippen molar-refractivity contribution in [1.82, 2.24) is 0 Å². The van der Waals surface area contributed by atoms with E-state index in [1.807, 2.05) is 13.8 Å². The summed E-state index contributed by atoms with van der Waals surface area (Å²) in [6.45, 7) is 3.90. The predicted molar refractivity (Wildman–Crippen MR) is 52.3 cm³/mol. The molecule has 15 heavy (non-hydrogen) atoms. The summed E-state index contributed by atoms with van der Waals surface area (Å²) in [5.74, 6) is -0.502. The predicted octanol–water partition coefficient (Wildman–Crippen LogP) is 1.43. The largest absolute Gasteiger partial charge is 0.353 e. The number of methoxy groups -OCH3 is 1. The zero-order valence-corrected chi connectivity index (χ0v) is 9.49. The molecule has 4 heteroatoms. The van der Waals surface area contributed by atoms with E-state index in [1.54, 1.807) is 7.11 Å². The van der Waals surface area contributed by atoms with E-state index >= 15 is 0 Å². The van der Waals surface area contributed by atoms with Crippen LogP contribution in [0.1, 0.15) is 33.1 Å². The van der Waals surface area contributed by atoms with Gasteiger partial charge in [0.2, 0.25) is 0 Å². The fourth-order valence-corrected chi connectivity index (χ4v) is 2.87. The third kappa shape index (κ3) is 1.29. The molecule has 2 heterocycles. The fraction of sp³-hybridized carbons (Fsp3) is 1.00. The number of fused-ring (bicyclic) bond motifs is 2. The molecule has 1 unspecified atom stereocenters. The Morgan fingerprint density at radius 2 is 1.87 bits per heavy atom. The molecule has 0 bridgehead atoms. The molecule has 0 aromatic heterocycles. The Morgan fingerprint density at radius 3 is 2.40 bits per heavy atom. The number of ether oxygens (including phenoxy) is 4. The third-order valence-electron chi connectivity index (χ3n) is 3.70. The second kappa shape index (κ2) is 2.94. The molecule has 1 aliphatic carbocycles. The molecule has 0 amide bonds. The van der Waals surface area contributed by atoms with Crippen LogP contribution >= 0.6 is 0 Å². The minimum atomic E-state index is -0.502. The van der Waals surface area contributed by atoms with Crippen molar-refractivity contribution in [3.63, 3.8) is 0 Å². The van der Waals surface area contributed by atoms with Crippen molar-refractivity contribution in [3.05, 3.63) is 0 Å². The van der Waals surface area contributed by atoms with Gasteiger partial charge in [0, 0.05) is 7.11 Å². The van der Waals surface area contributed by atoms with Crippen LogP contribution in [-0.2, 0) is 18.9 Å². The fourth-order valence-electron chi connectivity index (χ4n) is 2.87. The van der Waals surface area contributed by atoms with Crippen LogP contribution in [0.25, 0.3) is 0 Å². The summed E-state index contributed by atoms with van der Waals surface area (Å²) in [4.78, 5) is 0. The minimum absolute atomic E-state index is 0.0474. The van der Waals surface area contributed by atoms with Gasteiger partial charge < -0.3 is 18.9 Å². The van der Waals surface area contributed by atoms with Gasteiger partial charge >= 0.3 is 0 Å². The summed E-state index contributed by atoms with van der Waals surface area (Å²) in [5.41, 5.74) is -0.126. The highest BCUT2D eigenvalue weighted by atomic mass is 16.8. The number of rotatable bonds is 1. The minimum Gasteiger partial charge on any atom is -0.353 e. The SMILES string of the molecule is COC1OC2(CCC2)[C@H]2OC(C)(C)O[C@@H]12. The van der Waals surface area contributed by atoms with Crippen LogP contribution in [0.2, 0.25) is 0 Å². The summed E-state index contributed by atoms with van der Waals surface area (Å²) in [7, 11) is 1.66. The van der Waals surface area contributed by atoms with Gasteiger partial charge in [-0.15, -0.1) is 0 Å². The zero-order chi connectivity index (χ0) is 10.7. The second-order valence-corrected chi connectivity index (χ2v) is 5.16. The summed E-state index contributed by atoms with van der Waals surface area (Å²) in [6, 6.07) is 0. The van der Waals surface area contributed by atoms with E-state index in [0.29, 0.717) is 0 Å². The lowest BCUT2D eigenvalue weighted by Gasteiger charge is -2.41. The van der Waals surface area contributed by atoms with Crippen LogP contribution in [0.15, 0.2) is 0 Å². The molecule has 4 nitrogen and oxygen atoms in total. The van der Waals surface area contributed by atoms with Crippen molar-refractivity contribution >= 4 is 0 Å². The van der Waals surface area contributed by atoms with Gasteiger partial charge in [-0.2, -0.15) is 0 Å². The lowest BCUT2D eigenvalue weighted by Crippen LogP contribution is -2.48. The van der Waals surface area contributed by atoms with Gasteiger partial charge in [-0.05, 0) is 33.1 Å². The maximum atomic E-state index is 5.94. The summed E-state index contributed by atoms with van der Waals surface area (Å²) in [5, 5.41) is 0. The van der Waals surface area contributed by atoms with E-state index in [9.17, 15) is 0 Å². The molecular weight excluding hydrogens is 196 g/mol. The second-order valence-electron chi connectivity index (χ2n) is 5.16. The Morgan fingerprint density at radius 1 is 1.13 bits per heavy atom. The van der Waals surface area contributed by atoms with E-state index in [-0.39, 0.29) is 24.1 Å². The highest BCUT2D eigenvalue weighted by molar-refractivity contribution is 5.09. The average molecular weight is 214 g/mol. The van der Waals surface area contributed by atoms with Gasteiger partial charge in [-0.1, -0.05) is 0 Å². The molecule has 0 radical (unpaired) electrons. The molecule has 86 valence electrons. The Kier molecular flexibility index (Phi) is 1.97. The molecule has 2 aliphatic heterocycles. The van der Waals surface area contributed by atoms with Crippen molar-refractivity contribution in [3.8, 4) is 0 Å². The monoisotopic (exact) mass is 214 g/mol. The van der Waals surface area contributed by atoms with Crippen molar-refractivity contribution in [2.45, 2.75) is 63.0 Å². The lowest BCUT2D eigenvalue weighted by atomic mass is 9.76. The molecule has 3 rings (SSSR count). The molecule has 1 saturated carbocycles. The van der Waals surface area contributed by atoms with Crippen LogP contribution in [-0.4, -0.2) is 37.0 Å². The maximum Gasteiger partial charge on any atom is 0.186 e. The van der Waals surface area contributed by atoms with E-state index in [1.165, 1.54) is 6.42 Å². The van der Waals surface area contributed by atoms with Gasteiger partial charge in [-0.3, -0.25) is 0 Å². The molecule has 3 atom stereocenters. The van der Waals surface area contributed by atoms with Crippen molar-refractivity contribution in [2.75, 3.05) is 7.11 Å². The number of hydrogen-bond donors (Lipinski definition) is 0. The van der Waals surface area contributed by atoms with Crippen LogP contribution in [0.3, 0.4) is 0 Å². The Balaban J connectivity index is 1.87. The topological polar surface area (TPSA) is 36.9 Å². The van der Waals surface area contributed by atoms with Gasteiger partial charge in [0.05, 0.1) is 0 Å². The van der Waals surface area contributed by atoms with Crippen LogP contribution < -0.4 is 0 Å². The Labute approximate surface area is 89.8 Å². The maximum absolute atomic E-state index is 5.94. The van der Waals surface area contributed by atoms with Crippen molar-refractivity contribution in [2.24, 2.45) is 0 Å². The first-order chi connectivity index (χ1) is 7.06. The van der Waals surface area contributed by atoms with Crippen molar-refractivity contribution < 1.29 is 18.9 Å². The first kappa shape index (κ1) is 10.0. The quantitative estimate of drug-likeness (QED) is 0.661. The standard InChI is InChI=1S/C11H18O4/c1-10(2)13-7-8(14-10)11(5-4-6-11)15-9(7)12-3/h7-9H,4-6H2,1-3H3/t7-,8+,9?/m1/s1. The van der Waals surface area contributed by atoms with Crippen molar-refractivity contribution in [1.29, 1.82) is 0 Å². The smallest absolute Gasteiger partial charge is 0.186 e. The molecule has 0 N–H and O–H groups in total. The molecule has 0 aromatic rings. The zero-order valence-electron chi connectivity index (χ0n) is 9.49. The van der Waals surface area contributed by atoms with E-state index < -0.39 is 5.79 Å². The highest BCUT2D eigenvalue weighted by Crippen LogP contribution is 2.52. The Bertz CT molecular complexity index is 272. The summed E-state index contributed by atoms with van der Waals surface area (Å²) in [6.07, 6.45) is 3.05. The van der Waals surface area contributed by atoms with E-state index in [0.717, 1.165) is 12.8 Å². The lowest BCUT2D eigenvalue weighted by molar-refractivity contribution is -0.264. The van der Waals surface area contributed by atoms with Gasteiger partial charge in [-0.25, -0.2) is 0 Å². The summed E-state index contributed by atoms with van der Waals surface area (Å²) >= 11 is 0. The number of hydrogen-bond acceptors (Lipinski definition) is 4. The highest BCUT2D eigenvalue weighted by Gasteiger charge is 2.64. The van der Waals surface area contributed by atoms with Crippen LogP contribution in [0, 0.1) is 0 Å². The van der Waals surface area contributed by atoms with Crippen LogP contribution in [0.5, 0.6) is 0 Å². The normalized spacial score (nSPS) is 45.4. The van der Waals surface area contributed by atoms with E-state index in [4.69, 9.17) is 18.9 Å². The van der Waals surface area contributed by atoms with Gasteiger partial charge in [0.1, 0.15) is 17.8 Å². The molecule has 3 fully saturated rings. The first-order valence-corrected chi connectivity index (χ1v) is 5.63. The summed E-state index contributed by atoms with van der Waals surface area (Å²) < 4.78 is 23.0. The van der Waals surface area contributed by atoms with Gasteiger partial charge in [0.15, 0.2) is 12.1 Å². The molecule has 1 spiro atoms. The first-order valence-electron chi connectivity index (χ1n) is 5.63. The Hall–Kier alpha value is -0.160. The molecule has 0 aromatic carbocycles. The average Bonchev–Trinajstić information content (AvgIpc) is 2.54. The van der Waals surface area contributed by atoms with Gasteiger partial charge in [0.25, 0.3) is 0 Å². The molecule has 3 aliphatic rings. The molecular formula is C11H18O4. The van der Waals surface area contributed by atoms with Crippen LogP contribution in [0.4, 0.5) is 0 Å². The third-order valence-corrected chi connectivity index (χ3v) is 3.70.